The Bertz CT molecular complexity index is 738. The molecule has 1 aromatic heterocycles. The van der Waals surface area contributed by atoms with Crippen LogP contribution in [0.3, 0.4) is 0 Å². The van der Waals surface area contributed by atoms with Crippen LogP contribution < -0.4 is 15.5 Å². The van der Waals surface area contributed by atoms with Crippen LogP contribution in [0.1, 0.15) is 38.3 Å². The number of hydrogen-bond donors (Lipinski definition) is 2. The molecule has 1 fully saturated rings. The molecule has 6 nitrogen and oxygen atoms in total. The monoisotopic (exact) mass is 339 g/mol. The summed E-state index contributed by atoms with van der Waals surface area (Å²) in [6, 6.07) is 9.59. The van der Waals surface area contributed by atoms with Gasteiger partial charge in [0, 0.05) is 43.1 Å². The SMILES string of the molecule is CC(=O)Nc1cccc(Nc2nc(C)cc(N3CCCCCC3)n2)c1. The molecule has 1 aliphatic rings. The molecule has 0 atom stereocenters. The van der Waals surface area contributed by atoms with Gasteiger partial charge in [0.2, 0.25) is 11.9 Å². The molecule has 0 aliphatic carbocycles. The summed E-state index contributed by atoms with van der Waals surface area (Å²) in [5, 5.41) is 6.04. The van der Waals surface area contributed by atoms with Crippen molar-refractivity contribution in [1.82, 2.24) is 9.97 Å². The number of aromatic nitrogens is 2. The van der Waals surface area contributed by atoms with Crippen LogP contribution in [0.2, 0.25) is 0 Å². The van der Waals surface area contributed by atoms with Gasteiger partial charge in [0.05, 0.1) is 0 Å². The average Bonchev–Trinajstić information content (AvgIpc) is 2.83. The summed E-state index contributed by atoms with van der Waals surface area (Å²) >= 11 is 0. The van der Waals surface area contributed by atoms with Crippen molar-refractivity contribution < 1.29 is 4.79 Å². The van der Waals surface area contributed by atoms with Gasteiger partial charge >= 0.3 is 0 Å². The molecule has 0 saturated carbocycles. The van der Waals surface area contributed by atoms with Crippen LogP contribution in [0.4, 0.5) is 23.1 Å². The lowest BCUT2D eigenvalue weighted by molar-refractivity contribution is -0.114. The number of carbonyl (C=O) groups excluding carboxylic acids is 1. The molecule has 1 aromatic carbocycles. The fourth-order valence-corrected chi connectivity index (χ4v) is 3.08. The van der Waals surface area contributed by atoms with Gasteiger partial charge in [-0.15, -0.1) is 0 Å². The molecule has 2 aromatic rings. The van der Waals surface area contributed by atoms with Crippen molar-refractivity contribution in [2.24, 2.45) is 0 Å². The molecule has 1 aliphatic heterocycles. The van der Waals surface area contributed by atoms with E-state index in [0.717, 1.165) is 36.0 Å². The van der Waals surface area contributed by atoms with Gasteiger partial charge in [0.25, 0.3) is 0 Å². The van der Waals surface area contributed by atoms with Crippen LogP contribution >= 0.6 is 0 Å². The number of hydrogen-bond acceptors (Lipinski definition) is 5. The van der Waals surface area contributed by atoms with Crippen molar-refractivity contribution in [3.63, 3.8) is 0 Å². The second-order valence-electron chi connectivity index (χ2n) is 6.48. The molecule has 2 heterocycles. The van der Waals surface area contributed by atoms with Gasteiger partial charge < -0.3 is 15.5 Å². The number of carbonyl (C=O) groups is 1. The highest BCUT2D eigenvalue weighted by Gasteiger charge is 2.13. The van der Waals surface area contributed by atoms with Crippen molar-refractivity contribution in [1.29, 1.82) is 0 Å². The summed E-state index contributed by atoms with van der Waals surface area (Å²) in [5.74, 6) is 1.47. The topological polar surface area (TPSA) is 70.2 Å². The molecule has 0 spiro atoms. The Labute approximate surface area is 148 Å². The first-order valence-corrected chi connectivity index (χ1v) is 8.85. The Morgan fingerprint density at radius 3 is 2.48 bits per heavy atom. The van der Waals surface area contributed by atoms with Gasteiger partial charge in [-0.05, 0) is 38.0 Å². The first-order valence-electron chi connectivity index (χ1n) is 8.85. The lowest BCUT2D eigenvalue weighted by Crippen LogP contribution is -2.25. The molecule has 0 bridgehead atoms. The standard InChI is InChI=1S/C19H25N5O/c1-14-12-18(24-10-5-3-4-6-11-24)23-19(20-14)22-17-9-7-8-16(13-17)21-15(2)25/h7-9,12-13H,3-6,10-11H2,1-2H3,(H,21,25)(H,20,22,23). The van der Waals surface area contributed by atoms with Crippen molar-refractivity contribution >= 4 is 29.0 Å². The van der Waals surface area contributed by atoms with E-state index in [0.29, 0.717) is 5.95 Å². The smallest absolute Gasteiger partial charge is 0.229 e. The number of amides is 1. The third-order valence-corrected chi connectivity index (χ3v) is 4.21. The zero-order valence-corrected chi connectivity index (χ0v) is 14.9. The van der Waals surface area contributed by atoms with E-state index in [-0.39, 0.29) is 5.91 Å². The highest BCUT2D eigenvalue weighted by molar-refractivity contribution is 5.89. The highest BCUT2D eigenvalue weighted by Crippen LogP contribution is 2.22. The number of aryl methyl sites for hydroxylation is 1. The zero-order chi connectivity index (χ0) is 17.6. The lowest BCUT2D eigenvalue weighted by Gasteiger charge is -2.22. The largest absolute Gasteiger partial charge is 0.356 e. The van der Waals surface area contributed by atoms with Crippen molar-refractivity contribution in [2.75, 3.05) is 28.6 Å². The summed E-state index contributed by atoms with van der Waals surface area (Å²) in [7, 11) is 0. The van der Waals surface area contributed by atoms with E-state index in [4.69, 9.17) is 4.98 Å². The highest BCUT2D eigenvalue weighted by atomic mass is 16.1. The van der Waals surface area contributed by atoms with Crippen LogP contribution in [0.5, 0.6) is 0 Å². The maximum Gasteiger partial charge on any atom is 0.229 e. The molecule has 0 radical (unpaired) electrons. The summed E-state index contributed by atoms with van der Waals surface area (Å²) in [6.45, 7) is 5.58. The second kappa shape index (κ2) is 7.96. The Balaban J connectivity index is 1.79. The minimum atomic E-state index is -0.0904. The van der Waals surface area contributed by atoms with Gasteiger partial charge in [-0.2, -0.15) is 4.98 Å². The maximum atomic E-state index is 11.2. The predicted molar refractivity (Wildman–Crippen MR) is 101 cm³/mol. The molecular weight excluding hydrogens is 314 g/mol. The number of nitrogens with zero attached hydrogens (tertiary/aromatic N) is 3. The molecule has 132 valence electrons. The van der Waals surface area contributed by atoms with Crippen LogP contribution in [0, 0.1) is 6.92 Å². The van der Waals surface area contributed by atoms with Crippen LogP contribution in [-0.4, -0.2) is 29.0 Å². The normalized spacial score (nSPS) is 14.7. The number of rotatable bonds is 4. The number of benzene rings is 1. The fourth-order valence-electron chi connectivity index (χ4n) is 3.08. The number of anilines is 4. The Morgan fingerprint density at radius 1 is 1.04 bits per heavy atom. The van der Waals surface area contributed by atoms with E-state index in [9.17, 15) is 4.79 Å². The van der Waals surface area contributed by atoms with E-state index >= 15 is 0 Å². The lowest BCUT2D eigenvalue weighted by atomic mass is 10.2. The Hall–Kier alpha value is -2.63. The Morgan fingerprint density at radius 2 is 1.76 bits per heavy atom. The van der Waals surface area contributed by atoms with E-state index < -0.39 is 0 Å². The summed E-state index contributed by atoms with van der Waals surface area (Å²) in [4.78, 5) is 22.8. The summed E-state index contributed by atoms with van der Waals surface area (Å²) in [6.07, 6.45) is 5.01. The van der Waals surface area contributed by atoms with E-state index in [1.54, 1.807) is 0 Å². The van der Waals surface area contributed by atoms with Gasteiger partial charge in [0.1, 0.15) is 5.82 Å². The first-order chi connectivity index (χ1) is 12.1. The molecule has 25 heavy (non-hydrogen) atoms. The third-order valence-electron chi connectivity index (χ3n) is 4.21. The van der Waals surface area contributed by atoms with Gasteiger partial charge in [-0.25, -0.2) is 4.98 Å². The van der Waals surface area contributed by atoms with Crippen LogP contribution in [0.25, 0.3) is 0 Å². The van der Waals surface area contributed by atoms with Crippen molar-refractivity contribution in [3.8, 4) is 0 Å². The van der Waals surface area contributed by atoms with Crippen molar-refractivity contribution in [2.45, 2.75) is 39.5 Å². The molecule has 1 amide bonds. The molecule has 0 unspecified atom stereocenters. The minimum Gasteiger partial charge on any atom is -0.356 e. The quantitative estimate of drug-likeness (QED) is 0.885. The second-order valence-corrected chi connectivity index (χ2v) is 6.48. The zero-order valence-electron chi connectivity index (χ0n) is 14.9. The molecule has 3 rings (SSSR count). The average molecular weight is 339 g/mol. The maximum absolute atomic E-state index is 11.2. The third kappa shape index (κ3) is 4.92. The number of nitrogens with one attached hydrogen (secondary N) is 2. The van der Waals surface area contributed by atoms with Gasteiger partial charge in [-0.1, -0.05) is 18.9 Å². The van der Waals surface area contributed by atoms with E-state index in [2.05, 4.69) is 20.5 Å². The fraction of sp³-hybridized carbons (Fsp3) is 0.421. The van der Waals surface area contributed by atoms with Crippen molar-refractivity contribution in [3.05, 3.63) is 36.0 Å². The Kier molecular flexibility index (Phi) is 5.48. The van der Waals surface area contributed by atoms with E-state index in [1.165, 1.54) is 32.6 Å². The molecule has 6 heteroatoms. The predicted octanol–water partition coefficient (Wildman–Crippen LogP) is 3.87. The summed E-state index contributed by atoms with van der Waals surface area (Å²) in [5.41, 5.74) is 2.53. The van der Waals surface area contributed by atoms with Crippen LogP contribution in [-0.2, 0) is 4.79 Å². The van der Waals surface area contributed by atoms with E-state index in [1.807, 2.05) is 37.3 Å². The van der Waals surface area contributed by atoms with Crippen LogP contribution in [0.15, 0.2) is 30.3 Å². The molecule has 1 saturated heterocycles. The summed E-state index contributed by atoms with van der Waals surface area (Å²) < 4.78 is 0. The first kappa shape index (κ1) is 17.2. The molecule has 2 N–H and O–H groups in total. The van der Waals surface area contributed by atoms with Gasteiger partial charge in [-0.3, -0.25) is 4.79 Å². The van der Waals surface area contributed by atoms with Gasteiger partial charge in [0.15, 0.2) is 0 Å². The molecular formula is C19H25N5O. The minimum absolute atomic E-state index is 0.0904.